The van der Waals surface area contributed by atoms with Gasteiger partial charge < -0.3 is 20.7 Å². The van der Waals surface area contributed by atoms with Gasteiger partial charge in [-0.15, -0.1) is 0 Å². The van der Waals surface area contributed by atoms with Crippen LogP contribution in [-0.4, -0.2) is 56.2 Å². The Hall–Kier alpha value is -0.650. The summed E-state index contributed by atoms with van der Waals surface area (Å²) in [7, 11) is 1.55. The molecule has 94 valence electrons. The third-order valence-corrected chi connectivity index (χ3v) is 3.10. The van der Waals surface area contributed by atoms with Crippen LogP contribution in [0.5, 0.6) is 0 Å². The summed E-state index contributed by atoms with van der Waals surface area (Å²) in [6, 6.07) is 0.291. The van der Waals surface area contributed by atoms with Crippen molar-refractivity contribution >= 4 is 5.91 Å². The Bertz CT molecular complexity index is 215. The predicted molar refractivity (Wildman–Crippen MR) is 63.1 cm³/mol. The number of ether oxygens (including phenoxy) is 1. The minimum Gasteiger partial charge on any atom is -0.372 e. The fourth-order valence-corrected chi connectivity index (χ4v) is 1.91. The van der Waals surface area contributed by atoms with E-state index >= 15 is 0 Å². The number of nitrogens with two attached hydrogens (primary N) is 1. The molecule has 0 aromatic heterocycles. The Morgan fingerprint density at radius 3 is 2.69 bits per heavy atom. The van der Waals surface area contributed by atoms with E-state index in [-0.39, 0.29) is 12.0 Å². The van der Waals surface area contributed by atoms with Crippen LogP contribution < -0.4 is 11.1 Å². The summed E-state index contributed by atoms with van der Waals surface area (Å²) in [4.78, 5) is 13.9. The lowest BCUT2D eigenvalue weighted by Crippen LogP contribution is -2.48. The molecule has 1 atom stereocenters. The van der Waals surface area contributed by atoms with Crippen LogP contribution in [0, 0.1) is 0 Å². The van der Waals surface area contributed by atoms with Gasteiger partial charge >= 0.3 is 0 Å². The highest BCUT2D eigenvalue weighted by molar-refractivity contribution is 5.80. The number of methoxy groups -OCH3 is 1. The van der Waals surface area contributed by atoms with Crippen LogP contribution in [0.25, 0.3) is 0 Å². The second-order valence-corrected chi connectivity index (χ2v) is 4.29. The summed E-state index contributed by atoms with van der Waals surface area (Å²) < 4.78 is 4.97. The zero-order valence-electron chi connectivity index (χ0n) is 10.2. The predicted octanol–water partition coefficient (Wildman–Crippen LogP) is -0.439. The van der Waals surface area contributed by atoms with E-state index < -0.39 is 0 Å². The first kappa shape index (κ1) is 13.4. The van der Waals surface area contributed by atoms with Crippen molar-refractivity contribution in [3.05, 3.63) is 0 Å². The van der Waals surface area contributed by atoms with E-state index in [1.807, 2.05) is 0 Å². The number of piperidine rings is 1. The fraction of sp³-hybridized carbons (Fsp3) is 0.909. The van der Waals surface area contributed by atoms with E-state index in [2.05, 4.69) is 10.2 Å². The Morgan fingerprint density at radius 1 is 1.56 bits per heavy atom. The maximum atomic E-state index is 11.6. The van der Waals surface area contributed by atoms with Gasteiger partial charge in [0.05, 0.1) is 0 Å². The molecule has 3 N–H and O–H groups in total. The molecule has 16 heavy (non-hydrogen) atoms. The summed E-state index contributed by atoms with van der Waals surface area (Å²) in [6.45, 7) is 5.46. The average molecular weight is 229 g/mol. The molecule has 1 aliphatic heterocycles. The molecular formula is C11H23N3O2. The van der Waals surface area contributed by atoms with Gasteiger partial charge in [-0.1, -0.05) is 0 Å². The van der Waals surface area contributed by atoms with Gasteiger partial charge in [0.1, 0.15) is 6.10 Å². The molecule has 0 radical (unpaired) electrons. The van der Waals surface area contributed by atoms with Crippen molar-refractivity contribution in [3.8, 4) is 0 Å². The molecule has 1 heterocycles. The van der Waals surface area contributed by atoms with E-state index in [0.717, 1.165) is 32.5 Å². The zero-order chi connectivity index (χ0) is 12.0. The number of hydrogen-bond acceptors (Lipinski definition) is 4. The van der Waals surface area contributed by atoms with Gasteiger partial charge in [-0.3, -0.25) is 4.79 Å². The smallest absolute Gasteiger partial charge is 0.249 e. The van der Waals surface area contributed by atoms with Gasteiger partial charge in [0, 0.05) is 39.3 Å². The van der Waals surface area contributed by atoms with E-state index in [1.165, 1.54) is 0 Å². The highest BCUT2D eigenvalue weighted by atomic mass is 16.5. The second kappa shape index (κ2) is 6.83. The van der Waals surface area contributed by atoms with Crippen molar-refractivity contribution in [2.24, 2.45) is 5.73 Å². The van der Waals surface area contributed by atoms with Crippen molar-refractivity contribution in [3.63, 3.8) is 0 Å². The number of likely N-dealkylation sites (tertiary alicyclic amines) is 1. The summed E-state index contributed by atoms with van der Waals surface area (Å²) in [5, 5.41) is 3.01. The SMILES string of the molecule is COC(C)C(=O)NC1CCN(CCN)CC1. The van der Waals surface area contributed by atoms with Gasteiger partial charge in [-0.2, -0.15) is 0 Å². The van der Waals surface area contributed by atoms with Crippen molar-refractivity contribution in [2.45, 2.75) is 31.9 Å². The highest BCUT2D eigenvalue weighted by Crippen LogP contribution is 2.09. The third kappa shape index (κ3) is 4.08. The largest absolute Gasteiger partial charge is 0.372 e. The molecule has 1 unspecified atom stereocenters. The summed E-state index contributed by atoms with van der Waals surface area (Å²) in [5.74, 6) is -0.0141. The van der Waals surface area contributed by atoms with E-state index in [4.69, 9.17) is 10.5 Å². The summed E-state index contributed by atoms with van der Waals surface area (Å²) in [5.41, 5.74) is 5.50. The number of amides is 1. The molecule has 1 amide bonds. The molecule has 1 aliphatic rings. The number of nitrogens with zero attached hydrogens (tertiary/aromatic N) is 1. The van der Waals surface area contributed by atoms with Gasteiger partial charge in [-0.25, -0.2) is 0 Å². The maximum Gasteiger partial charge on any atom is 0.249 e. The molecule has 1 saturated heterocycles. The van der Waals surface area contributed by atoms with Crippen LogP contribution >= 0.6 is 0 Å². The minimum atomic E-state index is -0.359. The minimum absolute atomic E-state index is 0.0141. The number of carbonyl (C=O) groups is 1. The first-order chi connectivity index (χ1) is 7.67. The zero-order valence-corrected chi connectivity index (χ0v) is 10.2. The first-order valence-corrected chi connectivity index (χ1v) is 5.93. The lowest BCUT2D eigenvalue weighted by atomic mass is 10.0. The first-order valence-electron chi connectivity index (χ1n) is 5.93. The molecule has 0 aromatic rings. The van der Waals surface area contributed by atoms with Crippen molar-refractivity contribution in [2.75, 3.05) is 33.3 Å². The molecule has 5 nitrogen and oxygen atoms in total. The number of nitrogens with one attached hydrogen (secondary N) is 1. The summed E-state index contributed by atoms with van der Waals surface area (Å²) in [6.07, 6.45) is 1.65. The standard InChI is InChI=1S/C11H23N3O2/c1-9(16-2)11(15)13-10-3-6-14(7-4-10)8-5-12/h9-10H,3-8,12H2,1-2H3,(H,13,15). The Balaban J connectivity index is 2.24. The van der Waals surface area contributed by atoms with E-state index in [1.54, 1.807) is 14.0 Å². The number of hydrogen-bond donors (Lipinski definition) is 2. The lowest BCUT2D eigenvalue weighted by molar-refractivity contribution is -0.131. The quantitative estimate of drug-likeness (QED) is 0.671. The fourth-order valence-electron chi connectivity index (χ4n) is 1.91. The molecule has 1 rings (SSSR count). The number of carbonyl (C=O) groups excluding carboxylic acids is 1. The molecule has 0 aromatic carbocycles. The molecule has 0 aliphatic carbocycles. The van der Waals surface area contributed by atoms with Crippen LogP contribution in [-0.2, 0) is 9.53 Å². The van der Waals surface area contributed by atoms with Gasteiger partial charge in [-0.05, 0) is 19.8 Å². The topological polar surface area (TPSA) is 67.6 Å². The molecular weight excluding hydrogens is 206 g/mol. The second-order valence-electron chi connectivity index (χ2n) is 4.29. The molecule has 0 bridgehead atoms. The van der Waals surface area contributed by atoms with Crippen molar-refractivity contribution in [1.29, 1.82) is 0 Å². The van der Waals surface area contributed by atoms with E-state index in [9.17, 15) is 4.79 Å². The summed E-state index contributed by atoms with van der Waals surface area (Å²) >= 11 is 0. The van der Waals surface area contributed by atoms with Gasteiger partial charge in [0.15, 0.2) is 0 Å². The van der Waals surface area contributed by atoms with Crippen molar-refractivity contribution < 1.29 is 9.53 Å². The van der Waals surface area contributed by atoms with Crippen LogP contribution in [0.1, 0.15) is 19.8 Å². The monoisotopic (exact) mass is 229 g/mol. The van der Waals surface area contributed by atoms with Gasteiger partial charge in [0.25, 0.3) is 0 Å². The third-order valence-electron chi connectivity index (χ3n) is 3.10. The Labute approximate surface area is 97.3 Å². The van der Waals surface area contributed by atoms with Crippen LogP contribution in [0.2, 0.25) is 0 Å². The van der Waals surface area contributed by atoms with Crippen LogP contribution in [0.3, 0.4) is 0 Å². The Morgan fingerprint density at radius 2 is 2.19 bits per heavy atom. The number of rotatable bonds is 5. The van der Waals surface area contributed by atoms with Crippen LogP contribution in [0.15, 0.2) is 0 Å². The molecule has 0 spiro atoms. The normalized spacial score (nSPS) is 20.7. The molecule has 1 fully saturated rings. The van der Waals surface area contributed by atoms with E-state index in [0.29, 0.717) is 12.6 Å². The molecule has 0 saturated carbocycles. The van der Waals surface area contributed by atoms with Gasteiger partial charge in [0.2, 0.25) is 5.91 Å². The van der Waals surface area contributed by atoms with Crippen molar-refractivity contribution in [1.82, 2.24) is 10.2 Å². The lowest BCUT2D eigenvalue weighted by Gasteiger charge is -2.32. The maximum absolute atomic E-state index is 11.6. The Kier molecular flexibility index (Phi) is 5.73. The van der Waals surface area contributed by atoms with Crippen LogP contribution in [0.4, 0.5) is 0 Å². The average Bonchev–Trinajstić information content (AvgIpc) is 2.31. The highest BCUT2D eigenvalue weighted by Gasteiger charge is 2.21. The molecule has 5 heteroatoms.